The Morgan fingerprint density at radius 2 is 1.67 bits per heavy atom. The van der Waals surface area contributed by atoms with E-state index in [1.54, 1.807) is 39.7 Å². The number of hydrogen-bond donors (Lipinski definition) is 1. The van der Waals surface area contributed by atoms with Crippen molar-refractivity contribution in [2.45, 2.75) is 25.7 Å². The van der Waals surface area contributed by atoms with Gasteiger partial charge in [-0.3, -0.25) is 4.79 Å². The van der Waals surface area contributed by atoms with Gasteiger partial charge in [0.2, 0.25) is 11.7 Å². The number of rotatable bonds is 6. The van der Waals surface area contributed by atoms with Gasteiger partial charge in [-0.1, -0.05) is 12.8 Å². The van der Waals surface area contributed by atoms with E-state index in [-0.39, 0.29) is 11.8 Å². The molecular formula is C18H24N2O4. The Morgan fingerprint density at radius 1 is 1.08 bits per heavy atom. The molecule has 1 aromatic rings. The number of nitrogens with zero attached hydrogens (tertiary/aromatic N) is 1. The SMILES string of the molecule is COc1cc(C=NNC(=O)C2C3CCCCC32)cc(OC)c1OC. The first-order valence-corrected chi connectivity index (χ1v) is 8.32. The fourth-order valence-corrected chi connectivity index (χ4v) is 3.80. The summed E-state index contributed by atoms with van der Waals surface area (Å²) in [5.41, 5.74) is 3.43. The van der Waals surface area contributed by atoms with Gasteiger partial charge in [0.1, 0.15) is 0 Å². The van der Waals surface area contributed by atoms with E-state index in [4.69, 9.17) is 14.2 Å². The van der Waals surface area contributed by atoms with Gasteiger partial charge in [0.05, 0.1) is 27.5 Å². The highest BCUT2D eigenvalue weighted by Gasteiger charge is 2.54. The molecule has 2 saturated carbocycles. The van der Waals surface area contributed by atoms with Crippen molar-refractivity contribution in [3.8, 4) is 17.2 Å². The lowest BCUT2D eigenvalue weighted by atomic mass is 10.0. The second kappa shape index (κ2) is 7.11. The Hall–Kier alpha value is -2.24. The molecule has 0 spiro atoms. The van der Waals surface area contributed by atoms with Gasteiger partial charge in [0, 0.05) is 11.5 Å². The van der Waals surface area contributed by atoms with Crippen molar-refractivity contribution in [1.82, 2.24) is 5.43 Å². The highest BCUT2D eigenvalue weighted by Crippen LogP contribution is 2.55. The van der Waals surface area contributed by atoms with Gasteiger partial charge in [0.25, 0.3) is 0 Å². The van der Waals surface area contributed by atoms with Crippen molar-refractivity contribution in [3.05, 3.63) is 17.7 Å². The van der Waals surface area contributed by atoms with Crippen LogP contribution in [-0.4, -0.2) is 33.5 Å². The third kappa shape index (κ3) is 3.18. The zero-order chi connectivity index (χ0) is 17.1. The Labute approximate surface area is 142 Å². The lowest BCUT2D eigenvalue weighted by molar-refractivity contribution is -0.122. The Morgan fingerprint density at radius 3 is 2.17 bits per heavy atom. The number of carbonyl (C=O) groups excluding carboxylic acids is 1. The number of fused-ring (bicyclic) bond motifs is 1. The number of methoxy groups -OCH3 is 3. The van der Waals surface area contributed by atoms with Crippen LogP contribution in [0.1, 0.15) is 31.2 Å². The summed E-state index contributed by atoms with van der Waals surface area (Å²) >= 11 is 0. The topological polar surface area (TPSA) is 69.2 Å². The van der Waals surface area contributed by atoms with Crippen molar-refractivity contribution in [1.29, 1.82) is 0 Å². The molecule has 0 bridgehead atoms. The van der Waals surface area contributed by atoms with Crippen molar-refractivity contribution in [2.24, 2.45) is 22.9 Å². The molecule has 0 aliphatic heterocycles. The summed E-state index contributed by atoms with van der Waals surface area (Å²) in [7, 11) is 4.69. The van der Waals surface area contributed by atoms with Gasteiger partial charge in [-0.2, -0.15) is 5.10 Å². The molecule has 6 nitrogen and oxygen atoms in total. The molecule has 0 radical (unpaired) electrons. The summed E-state index contributed by atoms with van der Waals surface area (Å²) < 4.78 is 15.9. The summed E-state index contributed by atoms with van der Waals surface area (Å²) in [6, 6.07) is 3.57. The van der Waals surface area contributed by atoms with Crippen LogP contribution in [0.3, 0.4) is 0 Å². The molecule has 130 valence electrons. The van der Waals surface area contributed by atoms with Crippen molar-refractivity contribution in [2.75, 3.05) is 21.3 Å². The second-order valence-corrected chi connectivity index (χ2v) is 6.33. The van der Waals surface area contributed by atoms with Crippen LogP contribution in [0.5, 0.6) is 17.2 Å². The molecule has 0 heterocycles. The van der Waals surface area contributed by atoms with Gasteiger partial charge < -0.3 is 14.2 Å². The van der Waals surface area contributed by atoms with E-state index < -0.39 is 0 Å². The van der Waals surface area contributed by atoms with Crippen molar-refractivity contribution < 1.29 is 19.0 Å². The first kappa shape index (κ1) is 16.6. The van der Waals surface area contributed by atoms with Crippen LogP contribution in [0.2, 0.25) is 0 Å². The molecule has 0 aromatic heterocycles. The second-order valence-electron chi connectivity index (χ2n) is 6.33. The van der Waals surface area contributed by atoms with Gasteiger partial charge >= 0.3 is 0 Å². The summed E-state index contributed by atoms with van der Waals surface area (Å²) in [6.07, 6.45) is 6.45. The molecular weight excluding hydrogens is 308 g/mol. The van der Waals surface area contributed by atoms with Crippen LogP contribution in [0, 0.1) is 17.8 Å². The number of hydrazone groups is 1. The highest BCUT2D eigenvalue weighted by atomic mass is 16.5. The normalized spacial score (nSPS) is 25.0. The molecule has 2 fully saturated rings. The molecule has 3 rings (SSSR count). The number of nitrogens with one attached hydrogen (secondary N) is 1. The van der Waals surface area contributed by atoms with Crippen LogP contribution in [0.15, 0.2) is 17.2 Å². The van der Waals surface area contributed by atoms with E-state index in [1.807, 2.05) is 0 Å². The number of amides is 1. The Bertz CT molecular complexity index is 607. The number of benzene rings is 1. The van der Waals surface area contributed by atoms with Crippen LogP contribution in [0.4, 0.5) is 0 Å². The van der Waals surface area contributed by atoms with E-state index in [0.717, 1.165) is 5.56 Å². The zero-order valence-electron chi connectivity index (χ0n) is 14.4. The molecule has 2 aliphatic rings. The first-order chi connectivity index (χ1) is 11.7. The molecule has 0 saturated heterocycles. The molecule has 1 aromatic carbocycles. The Kier molecular flexibility index (Phi) is 4.92. The molecule has 2 unspecified atom stereocenters. The molecule has 2 aliphatic carbocycles. The minimum absolute atomic E-state index is 0.0376. The summed E-state index contributed by atoms with van der Waals surface area (Å²) in [6.45, 7) is 0. The zero-order valence-corrected chi connectivity index (χ0v) is 14.4. The minimum atomic E-state index is 0.0376. The minimum Gasteiger partial charge on any atom is -0.493 e. The summed E-state index contributed by atoms with van der Waals surface area (Å²) in [5.74, 6) is 2.99. The van der Waals surface area contributed by atoms with Crippen LogP contribution in [0.25, 0.3) is 0 Å². The van der Waals surface area contributed by atoms with E-state index in [1.165, 1.54) is 25.7 Å². The van der Waals surface area contributed by atoms with Gasteiger partial charge in [-0.15, -0.1) is 0 Å². The fourth-order valence-electron chi connectivity index (χ4n) is 3.80. The summed E-state index contributed by atoms with van der Waals surface area (Å²) in [4.78, 5) is 12.2. The molecule has 1 amide bonds. The largest absolute Gasteiger partial charge is 0.493 e. The van der Waals surface area contributed by atoms with E-state index in [2.05, 4.69) is 10.5 Å². The predicted molar refractivity (Wildman–Crippen MR) is 90.8 cm³/mol. The Balaban J connectivity index is 1.65. The van der Waals surface area contributed by atoms with Crippen LogP contribution in [-0.2, 0) is 4.79 Å². The maximum atomic E-state index is 12.2. The van der Waals surface area contributed by atoms with Crippen LogP contribution >= 0.6 is 0 Å². The number of carbonyl (C=O) groups is 1. The van der Waals surface area contributed by atoms with Gasteiger partial charge in [-0.25, -0.2) is 5.43 Å². The summed E-state index contributed by atoms with van der Waals surface area (Å²) in [5, 5.41) is 4.09. The standard InChI is InChI=1S/C18H24N2O4/c1-22-14-8-11(9-15(23-2)17(14)24-3)10-19-20-18(21)16-12-6-4-5-7-13(12)16/h8-10,12-13,16H,4-7H2,1-3H3,(H,20,21). The molecule has 2 atom stereocenters. The van der Waals surface area contributed by atoms with Crippen molar-refractivity contribution >= 4 is 12.1 Å². The van der Waals surface area contributed by atoms with E-state index >= 15 is 0 Å². The lowest BCUT2D eigenvalue weighted by Gasteiger charge is -2.12. The third-order valence-electron chi connectivity index (χ3n) is 5.03. The first-order valence-electron chi connectivity index (χ1n) is 8.32. The lowest BCUT2D eigenvalue weighted by Crippen LogP contribution is -2.20. The molecule has 24 heavy (non-hydrogen) atoms. The quantitative estimate of drug-likeness (QED) is 0.642. The van der Waals surface area contributed by atoms with Crippen molar-refractivity contribution in [3.63, 3.8) is 0 Å². The fraction of sp³-hybridized carbons (Fsp3) is 0.556. The van der Waals surface area contributed by atoms with Gasteiger partial charge in [-0.05, 0) is 36.8 Å². The highest BCUT2D eigenvalue weighted by molar-refractivity contribution is 5.86. The molecule has 1 N–H and O–H groups in total. The molecule has 6 heteroatoms. The predicted octanol–water partition coefficient (Wildman–Crippen LogP) is 2.60. The van der Waals surface area contributed by atoms with E-state index in [0.29, 0.717) is 29.1 Å². The third-order valence-corrected chi connectivity index (χ3v) is 5.03. The average molecular weight is 332 g/mol. The monoisotopic (exact) mass is 332 g/mol. The maximum absolute atomic E-state index is 12.2. The number of hydrogen-bond acceptors (Lipinski definition) is 5. The smallest absolute Gasteiger partial charge is 0.243 e. The number of ether oxygens (including phenoxy) is 3. The van der Waals surface area contributed by atoms with Gasteiger partial charge in [0.15, 0.2) is 11.5 Å². The average Bonchev–Trinajstić information content (AvgIpc) is 3.35. The van der Waals surface area contributed by atoms with Crippen LogP contribution < -0.4 is 19.6 Å². The van der Waals surface area contributed by atoms with E-state index in [9.17, 15) is 4.79 Å². The maximum Gasteiger partial charge on any atom is 0.243 e.